The monoisotopic (exact) mass is 399 g/mol. The van der Waals surface area contributed by atoms with Crippen LogP contribution in [0, 0.1) is 0 Å². The number of benzene rings is 1. The van der Waals surface area contributed by atoms with Crippen molar-refractivity contribution in [3.63, 3.8) is 0 Å². The lowest BCUT2D eigenvalue weighted by Crippen LogP contribution is -2.23. The van der Waals surface area contributed by atoms with E-state index in [0.717, 1.165) is 16.8 Å². The van der Waals surface area contributed by atoms with E-state index in [1.165, 1.54) is 0 Å². The zero-order chi connectivity index (χ0) is 19.6. The molecule has 0 radical (unpaired) electrons. The van der Waals surface area contributed by atoms with Crippen molar-refractivity contribution in [1.82, 2.24) is 10.3 Å². The van der Waals surface area contributed by atoms with Crippen molar-refractivity contribution in [3.05, 3.63) is 59.0 Å². The number of H-pyrrole nitrogens is 1. The minimum atomic E-state index is -3.37. The van der Waals surface area contributed by atoms with E-state index < -0.39 is 15.1 Å². The van der Waals surface area contributed by atoms with Gasteiger partial charge in [-0.2, -0.15) is 0 Å². The SMILES string of the molecule is O=C(NCc1ccc(S(=O)(=O)[C@H]2CCOC2)cc1)c1cc2c([nH]1)C=CN=CC2. The van der Waals surface area contributed by atoms with Gasteiger partial charge in [-0.3, -0.25) is 9.79 Å². The number of aliphatic imine (C=N–C) groups is 1. The third-order valence-corrected chi connectivity index (χ3v) is 7.13. The fourth-order valence-corrected chi connectivity index (χ4v) is 4.89. The molecule has 1 saturated heterocycles. The van der Waals surface area contributed by atoms with Gasteiger partial charge in [0.2, 0.25) is 0 Å². The molecular formula is C20H21N3O4S. The first-order valence-corrected chi connectivity index (χ1v) is 10.7. The molecule has 2 aliphatic heterocycles. The molecule has 0 saturated carbocycles. The lowest BCUT2D eigenvalue weighted by Gasteiger charge is -2.11. The fourth-order valence-electron chi connectivity index (χ4n) is 3.31. The average Bonchev–Trinajstić information content (AvgIpc) is 3.33. The van der Waals surface area contributed by atoms with Crippen molar-refractivity contribution in [2.45, 2.75) is 29.5 Å². The van der Waals surface area contributed by atoms with Crippen LogP contribution in [0.5, 0.6) is 0 Å². The highest BCUT2D eigenvalue weighted by molar-refractivity contribution is 7.92. The molecule has 0 bridgehead atoms. The second-order valence-electron chi connectivity index (χ2n) is 6.83. The summed E-state index contributed by atoms with van der Waals surface area (Å²) in [5, 5.41) is 2.38. The van der Waals surface area contributed by atoms with Gasteiger partial charge >= 0.3 is 0 Å². The zero-order valence-corrected chi connectivity index (χ0v) is 16.0. The molecule has 1 amide bonds. The van der Waals surface area contributed by atoms with Crippen molar-refractivity contribution in [2.24, 2.45) is 4.99 Å². The van der Waals surface area contributed by atoms with E-state index in [4.69, 9.17) is 4.74 Å². The first-order valence-electron chi connectivity index (χ1n) is 9.13. The number of nitrogens with one attached hydrogen (secondary N) is 2. The molecule has 28 heavy (non-hydrogen) atoms. The van der Waals surface area contributed by atoms with Crippen LogP contribution in [0.3, 0.4) is 0 Å². The number of carbonyl (C=O) groups is 1. The van der Waals surface area contributed by atoms with E-state index in [-0.39, 0.29) is 12.5 Å². The number of sulfone groups is 1. The van der Waals surface area contributed by atoms with Crippen molar-refractivity contribution < 1.29 is 17.9 Å². The molecule has 2 aromatic rings. The lowest BCUT2D eigenvalue weighted by atomic mass is 10.2. The quantitative estimate of drug-likeness (QED) is 0.804. The van der Waals surface area contributed by atoms with Crippen molar-refractivity contribution >= 4 is 28.0 Å². The van der Waals surface area contributed by atoms with Crippen LogP contribution < -0.4 is 5.32 Å². The van der Waals surface area contributed by atoms with Crippen LogP contribution in [0.15, 0.2) is 46.4 Å². The van der Waals surface area contributed by atoms with Crippen molar-refractivity contribution in [2.75, 3.05) is 13.2 Å². The third kappa shape index (κ3) is 3.79. The summed E-state index contributed by atoms with van der Waals surface area (Å²) < 4.78 is 30.3. The highest BCUT2D eigenvalue weighted by atomic mass is 32.2. The molecule has 0 spiro atoms. The number of amides is 1. The van der Waals surface area contributed by atoms with Gasteiger partial charge in [0.1, 0.15) is 5.69 Å². The number of hydrogen-bond acceptors (Lipinski definition) is 5. The summed E-state index contributed by atoms with van der Waals surface area (Å²) in [5.74, 6) is -0.210. The van der Waals surface area contributed by atoms with Gasteiger partial charge in [0.25, 0.3) is 5.91 Å². The third-order valence-electron chi connectivity index (χ3n) is 4.95. The van der Waals surface area contributed by atoms with Crippen LogP contribution in [0.1, 0.15) is 33.7 Å². The number of hydrogen-bond donors (Lipinski definition) is 2. The van der Waals surface area contributed by atoms with Crippen molar-refractivity contribution in [1.29, 1.82) is 0 Å². The Bertz CT molecular complexity index is 1030. The van der Waals surface area contributed by atoms with E-state index in [0.29, 0.717) is 36.6 Å². The van der Waals surface area contributed by atoms with Gasteiger partial charge in [0.15, 0.2) is 9.84 Å². The zero-order valence-electron chi connectivity index (χ0n) is 15.2. The summed E-state index contributed by atoms with van der Waals surface area (Å²) in [7, 11) is -3.37. The maximum absolute atomic E-state index is 12.5. The summed E-state index contributed by atoms with van der Waals surface area (Å²) in [4.78, 5) is 19.9. The van der Waals surface area contributed by atoms with Crippen LogP contribution >= 0.6 is 0 Å². The van der Waals surface area contributed by atoms with Gasteiger partial charge < -0.3 is 15.0 Å². The summed E-state index contributed by atoms with van der Waals surface area (Å²) in [6, 6.07) is 8.47. The molecule has 2 N–H and O–H groups in total. The molecule has 146 valence electrons. The highest BCUT2D eigenvalue weighted by Gasteiger charge is 2.30. The van der Waals surface area contributed by atoms with Crippen LogP contribution in [0.25, 0.3) is 6.08 Å². The van der Waals surface area contributed by atoms with Gasteiger partial charge in [-0.25, -0.2) is 8.42 Å². The Kier molecular flexibility index (Phi) is 5.15. The van der Waals surface area contributed by atoms with Gasteiger partial charge in [0, 0.05) is 37.7 Å². The van der Waals surface area contributed by atoms with E-state index in [1.807, 2.05) is 12.1 Å². The molecular weight excluding hydrogens is 378 g/mol. The van der Waals surface area contributed by atoms with Crippen molar-refractivity contribution in [3.8, 4) is 0 Å². The van der Waals surface area contributed by atoms with E-state index in [1.54, 1.807) is 36.7 Å². The minimum absolute atomic E-state index is 0.210. The normalized spacial score (nSPS) is 18.6. The largest absolute Gasteiger partial charge is 0.380 e. The predicted octanol–water partition coefficient (Wildman–Crippen LogP) is 2.10. The van der Waals surface area contributed by atoms with E-state index in [9.17, 15) is 13.2 Å². The maximum Gasteiger partial charge on any atom is 0.267 e. The molecule has 2 aliphatic rings. The predicted molar refractivity (Wildman–Crippen MR) is 106 cm³/mol. The Morgan fingerprint density at radius 2 is 2.11 bits per heavy atom. The maximum atomic E-state index is 12.5. The molecule has 1 aromatic heterocycles. The second-order valence-corrected chi connectivity index (χ2v) is 9.06. The van der Waals surface area contributed by atoms with E-state index >= 15 is 0 Å². The molecule has 0 unspecified atom stereocenters. The molecule has 4 rings (SSSR count). The molecule has 0 aliphatic carbocycles. The Balaban J connectivity index is 1.39. The molecule has 1 atom stereocenters. The Morgan fingerprint density at radius 3 is 2.86 bits per heavy atom. The number of rotatable bonds is 5. The fraction of sp³-hybridized carbons (Fsp3) is 0.300. The molecule has 7 nitrogen and oxygen atoms in total. The first-order chi connectivity index (χ1) is 13.5. The van der Waals surface area contributed by atoms with Gasteiger partial charge in [-0.15, -0.1) is 0 Å². The summed E-state index contributed by atoms with van der Waals surface area (Å²) >= 11 is 0. The van der Waals surface area contributed by atoms with Gasteiger partial charge in [-0.05, 0) is 41.8 Å². The second kappa shape index (κ2) is 7.73. The van der Waals surface area contributed by atoms with Crippen LogP contribution in [0.2, 0.25) is 0 Å². The molecule has 3 heterocycles. The molecule has 8 heteroatoms. The number of aromatic amines is 1. The average molecular weight is 399 g/mol. The smallest absolute Gasteiger partial charge is 0.267 e. The van der Waals surface area contributed by atoms with Gasteiger partial charge in [-0.1, -0.05) is 12.1 Å². The number of nitrogens with zero attached hydrogens (tertiary/aromatic N) is 1. The summed E-state index contributed by atoms with van der Waals surface area (Å²) in [6.07, 6.45) is 6.53. The molecule has 1 aromatic carbocycles. The Morgan fingerprint density at radius 1 is 1.29 bits per heavy atom. The molecule has 1 fully saturated rings. The Hall–Kier alpha value is -2.71. The standard InChI is InChI=1S/C20H21N3O4S/c24-20(19-11-15-5-8-21-9-6-18(15)23-19)22-12-14-1-3-16(4-2-14)28(25,26)17-7-10-27-13-17/h1-4,6,8-9,11,17,23H,5,7,10,12-13H2,(H,22,24)/t17-/m0/s1. The number of carbonyl (C=O) groups excluding carboxylic acids is 1. The first kappa shape index (κ1) is 18.6. The highest BCUT2D eigenvalue weighted by Crippen LogP contribution is 2.22. The number of ether oxygens (including phenoxy) is 1. The van der Waals surface area contributed by atoms with Gasteiger partial charge in [0.05, 0.1) is 16.8 Å². The van der Waals surface area contributed by atoms with Crippen LogP contribution in [-0.2, 0) is 27.5 Å². The summed E-state index contributed by atoms with van der Waals surface area (Å²) in [6.45, 7) is 1.05. The minimum Gasteiger partial charge on any atom is -0.380 e. The number of fused-ring (bicyclic) bond motifs is 1. The van der Waals surface area contributed by atoms with Crippen LogP contribution in [-0.4, -0.2) is 44.0 Å². The van der Waals surface area contributed by atoms with E-state index in [2.05, 4.69) is 15.3 Å². The number of aromatic nitrogens is 1. The Labute approximate surface area is 163 Å². The summed E-state index contributed by atoms with van der Waals surface area (Å²) in [5.41, 5.74) is 3.22. The van der Waals surface area contributed by atoms with Crippen LogP contribution in [0.4, 0.5) is 0 Å². The lowest BCUT2D eigenvalue weighted by molar-refractivity contribution is 0.0946. The topological polar surface area (TPSA) is 101 Å².